The summed E-state index contributed by atoms with van der Waals surface area (Å²) < 4.78 is 5.72. The lowest BCUT2D eigenvalue weighted by Crippen LogP contribution is -2.85. The molecule has 0 unspecified atom stereocenters. The number of amides is 2. The van der Waals surface area contributed by atoms with E-state index < -0.39 is 0 Å². The summed E-state index contributed by atoms with van der Waals surface area (Å²) in [5.74, 6) is 0.991. The van der Waals surface area contributed by atoms with E-state index in [4.69, 9.17) is 4.42 Å². The van der Waals surface area contributed by atoms with E-state index in [1.54, 1.807) is 6.92 Å². The number of carbonyl (C=O) groups is 1. The number of oxazole rings is 1. The molecule has 1 aliphatic rings. The van der Waals surface area contributed by atoms with Gasteiger partial charge in [0.25, 0.3) is 0 Å². The van der Waals surface area contributed by atoms with Crippen molar-refractivity contribution in [3.05, 3.63) is 95.9 Å². The zero-order valence-corrected chi connectivity index (χ0v) is 15.9. The molecule has 5 rings (SSSR count). The minimum Gasteiger partial charge on any atom is -0.396 e. The van der Waals surface area contributed by atoms with Crippen molar-refractivity contribution in [1.82, 2.24) is 10.3 Å². The fourth-order valence-electron chi connectivity index (χ4n) is 3.96. The Morgan fingerprint density at radius 3 is 2.14 bits per heavy atom. The number of urea groups is 1. The summed E-state index contributed by atoms with van der Waals surface area (Å²) in [4.78, 5) is 17.4. The van der Waals surface area contributed by atoms with Crippen molar-refractivity contribution < 1.29 is 14.5 Å². The second-order valence-corrected chi connectivity index (χ2v) is 7.07. The van der Waals surface area contributed by atoms with E-state index >= 15 is 0 Å². The van der Waals surface area contributed by atoms with Crippen molar-refractivity contribution in [2.24, 2.45) is 0 Å². The van der Waals surface area contributed by atoms with Gasteiger partial charge in [-0.1, -0.05) is 78.9 Å². The van der Waals surface area contributed by atoms with Crippen LogP contribution in [0.3, 0.4) is 0 Å². The van der Waals surface area contributed by atoms with Gasteiger partial charge >= 0.3 is 11.9 Å². The Bertz CT molecular complexity index is 1150. The van der Waals surface area contributed by atoms with Crippen LogP contribution in [0.25, 0.3) is 22.4 Å². The zero-order chi connectivity index (χ0) is 19.8. The lowest BCUT2D eigenvalue weighted by Gasteiger charge is -2.13. The molecule has 0 aliphatic heterocycles. The van der Waals surface area contributed by atoms with E-state index in [2.05, 4.69) is 34.6 Å². The molecule has 0 bridgehead atoms. The topological polar surface area (TPSA) is 71.7 Å². The Morgan fingerprint density at radius 1 is 0.897 bits per heavy atom. The highest BCUT2D eigenvalue weighted by Gasteiger charge is 2.31. The number of hydrogen-bond acceptors (Lipinski definition) is 3. The first-order valence-electron chi connectivity index (χ1n) is 9.57. The molecule has 0 fully saturated rings. The molecule has 4 aromatic rings. The largest absolute Gasteiger partial charge is 0.421 e. The van der Waals surface area contributed by atoms with Gasteiger partial charge < -0.3 is 4.42 Å². The lowest BCUT2D eigenvalue weighted by molar-refractivity contribution is -0.479. The van der Waals surface area contributed by atoms with Crippen LogP contribution in [0.1, 0.15) is 23.1 Å². The van der Waals surface area contributed by atoms with Gasteiger partial charge in [-0.05, 0) is 22.3 Å². The van der Waals surface area contributed by atoms with Crippen LogP contribution in [0, 0.1) is 6.92 Å². The number of nitrogens with one attached hydrogen (secondary N) is 1. The molecule has 29 heavy (non-hydrogen) atoms. The van der Waals surface area contributed by atoms with Crippen LogP contribution in [0.15, 0.2) is 83.3 Å². The monoisotopic (exact) mass is 382 g/mol. The van der Waals surface area contributed by atoms with Crippen molar-refractivity contribution in [3.8, 4) is 22.4 Å². The maximum Gasteiger partial charge on any atom is 0.421 e. The van der Waals surface area contributed by atoms with Crippen LogP contribution in [0.5, 0.6) is 0 Å². The minimum absolute atomic E-state index is 0.185. The number of aromatic nitrogens is 1. The average molecular weight is 382 g/mol. The number of aryl methyl sites for hydroxylation is 1. The molecule has 2 amide bonds. The van der Waals surface area contributed by atoms with Crippen LogP contribution < -0.4 is 10.6 Å². The molecule has 5 heteroatoms. The summed E-state index contributed by atoms with van der Waals surface area (Å²) in [6, 6.07) is 25.7. The highest BCUT2D eigenvalue weighted by Crippen LogP contribution is 2.42. The summed E-state index contributed by atoms with van der Waals surface area (Å²) >= 11 is 0. The Hall–Kier alpha value is -3.70. The van der Waals surface area contributed by atoms with Gasteiger partial charge in [0.2, 0.25) is 0 Å². The third kappa shape index (κ3) is 3.11. The smallest absolute Gasteiger partial charge is 0.396 e. The molecule has 1 aliphatic carbocycles. The molecule has 1 aromatic heterocycles. The number of nitrogens with zero attached hydrogens (tertiary/aromatic N) is 1. The Labute approximate surface area is 168 Å². The SMILES string of the molecule is Cc1nc(-c2ccccc2)c([NH2+]C(=O)NC2c3ccccc3-c3ccccc32)o1. The van der Waals surface area contributed by atoms with E-state index in [1.807, 2.05) is 54.6 Å². The number of carbonyl (C=O) groups excluding carboxylic acids is 1. The summed E-state index contributed by atoms with van der Waals surface area (Å²) in [6.45, 7) is 1.78. The third-order valence-electron chi connectivity index (χ3n) is 5.19. The fourth-order valence-corrected chi connectivity index (χ4v) is 3.96. The van der Waals surface area contributed by atoms with E-state index in [9.17, 15) is 4.79 Å². The molecule has 1 heterocycles. The fraction of sp³-hybridized carbons (Fsp3) is 0.0833. The molecule has 3 N–H and O–H groups in total. The van der Waals surface area contributed by atoms with Crippen LogP contribution in [0.4, 0.5) is 10.7 Å². The summed E-state index contributed by atoms with van der Waals surface area (Å²) in [5, 5.41) is 4.64. The van der Waals surface area contributed by atoms with Crippen molar-refractivity contribution in [2.75, 3.05) is 0 Å². The van der Waals surface area contributed by atoms with Gasteiger partial charge in [-0.25, -0.2) is 9.78 Å². The van der Waals surface area contributed by atoms with Gasteiger partial charge in [0.15, 0.2) is 11.6 Å². The minimum atomic E-state index is -0.213. The van der Waals surface area contributed by atoms with Crippen LogP contribution >= 0.6 is 0 Å². The van der Waals surface area contributed by atoms with Gasteiger partial charge in [-0.2, -0.15) is 5.32 Å². The Morgan fingerprint density at radius 2 is 1.48 bits per heavy atom. The number of quaternary nitrogens is 1. The average Bonchev–Trinajstić information content (AvgIpc) is 3.27. The maximum atomic E-state index is 12.9. The molecular formula is C24H20N3O2+. The molecule has 3 aromatic carbocycles. The number of rotatable bonds is 3. The van der Waals surface area contributed by atoms with E-state index in [1.165, 1.54) is 5.32 Å². The summed E-state index contributed by atoms with van der Waals surface area (Å²) in [6.07, 6.45) is 0. The van der Waals surface area contributed by atoms with Gasteiger partial charge in [0, 0.05) is 12.5 Å². The number of benzene rings is 3. The van der Waals surface area contributed by atoms with E-state index in [0.717, 1.165) is 27.8 Å². The first-order chi connectivity index (χ1) is 14.2. The van der Waals surface area contributed by atoms with Gasteiger partial charge in [-0.15, -0.1) is 0 Å². The van der Waals surface area contributed by atoms with Crippen molar-refractivity contribution in [3.63, 3.8) is 0 Å². The molecule has 0 saturated heterocycles. The highest BCUT2D eigenvalue weighted by atomic mass is 16.4. The van der Waals surface area contributed by atoms with Crippen molar-refractivity contribution >= 4 is 11.9 Å². The second kappa shape index (κ2) is 7.04. The van der Waals surface area contributed by atoms with Gasteiger partial charge in [0.05, 0.1) is 6.04 Å². The molecule has 142 valence electrons. The van der Waals surface area contributed by atoms with Crippen molar-refractivity contribution in [1.29, 1.82) is 0 Å². The Kier molecular flexibility index (Phi) is 4.22. The molecule has 0 saturated carbocycles. The number of fused-ring (bicyclic) bond motifs is 3. The van der Waals surface area contributed by atoms with Crippen LogP contribution in [-0.2, 0) is 0 Å². The predicted octanol–water partition coefficient (Wildman–Crippen LogP) is 4.32. The predicted molar refractivity (Wildman–Crippen MR) is 111 cm³/mol. The van der Waals surface area contributed by atoms with Gasteiger partial charge in [-0.3, -0.25) is 5.32 Å². The van der Waals surface area contributed by atoms with E-state index in [-0.39, 0.29) is 12.1 Å². The first-order valence-corrected chi connectivity index (χ1v) is 9.57. The number of nitrogens with two attached hydrogens (primary N) is 1. The first kappa shape index (κ1) is 17.4. The third-order valence-corrected chi connectivity index (χ3v) is 5.19. The molecule has 5 nitrogen and oxygen atoms in total. The summed E-state index contributed by atoms with van der Waals surface area (Å²) in [5.41, 5.74) is 6.12. The summed E-state index contributed by atoms with van der Waals surface area (Å²) in [7, 11) is 0. The molecule has 0 radical (unpaired) electrons. The van der Waals surface area contributed by atoms with Crippen LogP contribution in [0.2, 0.25) is 0 Å². The van der Waals surface area contributed by atoms with E-state index in [0.29, 0.717) is 17.5 Å². The molecule has 0 spiro atoms. The van der Waals surface area contributed by atoms with Gasteiger partial charge in [0.1, 0.15) is 0 Å². The molecular weight excluding hydrogens is 362 g/mol. The maximum absolute atomic E-state index is 12.9. The zero-order valence-electron chi connectivity index (χ0n) is 15.9. The Balaban J connectivity index is 1.43. The second-order valence-electron chi connectivity index (χ2n) is 7.07. The number of hydrogen-bond donors (Lipinski definition) is 2. The van der Waals surface area contributed by atoms with Crippen LogP contribution in [-0.4, -0.2) is 11.0 Å². The number of primary amides is 1. The quantitative estimate of drug-likeness (QED) is 0.554. The highest BCUT2D eigenvalue weighted by molar-refractivity contribution is 5.81. The molecule has 0 atom stereocenters. The van der Waals surface area contributed by atoms with Crippen molar-refractivity contribution in [2.45, 2.75) is 13.0 Å². The normalized spacial score (nSPS) is 12.4. The lowest BCUT2D eigenvalue weighted by atomic mass is 10.1. The standard InChI is InChI=1S/C24H19N3O2/c1-15-25-21(16-9-3-2-4-10-16)23(29-15)27-24(28)26-22-19-13-7-5-11-17(19)18-12-6-8-14-20(18)22/h2-14,22H,1H3,(H2,26,27,28)/p+1.